The van der Waals surface area contributed by atoms with Crippen molar-refractivity contribution < 1.29 is 13.9 Å². The first-order chi connectivity index (χ1) is 8.15. The average molecular weight is 261 g/mol. The summed E-state index contributed by atoms with van der Waals surface area (Å²) < 4.78 is 26.2. The fourth-order valence-corrected chi connectivity index (χ4v) is 1.89. The lowest BCUT2D eigenvalue weighted by molar-refractivity contribution is 0.170. The molecule has 2 N–H and O–H groups in total. The fraction of sp³-hybridized carbons (Fsp3) is 0.500. The summed E-state index contributed by atoms with van der Waals surface area (Å²) in [6, 6.07) is 3.10. The van der Waals surface area contributed by atoms with Gasteiger partial charge in [-0.05, 0) is 43.2 Å². The van der Waals surface area contributed by atoms with Gasteiger partial charge < -0.3 is 10.4 Å². The molecular weight excluding hydrogens is 244 g/mol. The minimum Gasteiger partial charge on any atom is -0.387 e. The molecule has 1 rings (SSSR count). The summed E-state index contributed by atoms with van der Waals surface area (Å²) >= 11 is 1.75. The van der Waals surface area contributed by atoms with E-state index in [0.29, 0.717) is 0 Å². The van der Waals surface area contributed by atoms with Crippen LogP contribution >= 0.6 is 11.8 Å². The Balaban J connectivity index is 2.41. The summed E-state index contributed by atoms with van der Waals surface area (Å²) in [7, 11) is 0. The van der Waals surface area contributed by atoms with E-state index in [-0.39, 0.29) is 12.1 Å². The Kier molecular flexibility index (Phi) is 6.47. The van der Waals surface area contributed by atoms with E-state index in [0.717, 1.165) is 36.9 Å². The quantitative estimate of drug-likeness (QED) is 0.739. The van der Waals surface area contributed by atoms with Crippen LogP contribution in [0.1, 0.15) is 18.1 Å². The van der Waals surface area contributed by atoms with E-state index in [1.807, 2.05) is 6.26 Å². The Hall–Kier alpha value is -0.650. The Labute approximate surface area is 104 Å². The third kappa shape index (κ3) is 5.02. The molecule has 5 heteroatoms. The summed E-state index contributed by atoms with van der Waals surface area (Å²) in [6.07, 6.45) is 2.00. The summed E-state index contributed by atoms with van der Waals surface area (Å²) in [5, 5.41) is 12.7. The first-order valence-corrected chi connectivity index (χ1v) is 6.87. The zero-order valence-corrected chi connectivity index (χ0v) is 10.6. The summed E-state index contributed by atoms with van der Waals surface area (Å²) in [5.74, 6) is -0.0788. The van der Waals surface area contributed by atoms with Gasteiger partial charge in [0.1, 0.15) is 11.6 Å². The van der Waals surface area contributed by atoms with Crippen LogP contribution in [0.2, 0.25) is 0 Å². The van der Waals surface area contributed by atoms with Crippen molar-refractivity contribution in [3.8, 4) is 0 Å². The molecule has 1 aromatic rings. The first kappa shape index (κ1) is 14.4. The van der Waals surface area contributed by atoms with E-state index in [1.54, 1.807) is 11.8 Å². The van der Waals surface area contributed by atoms with Crippen molar-refractivity contribution in [3.63, 3.8) is 0 Å². The summed E-state index contributed by atoms with van der Waals surface area (Å²) in [5.41, 5.74) is 0.00219. The molecular formula is C12H17F2NOS. The maximum absolute atomic E-state index is 13.3. The lowest BCUT2D eigenvalue weighted by atomic mass is 10.1. The van der Waals surface area contributed by atoms with Crippen LogP contribution in [-0.2, 0) is 0 Å². The van der Waals surface area contributed by atoms with Gasteiger partial charge in [0, 0.05) is 12.1 Å². The maximum atomic E-state index is 13.3. The zero-order chi connectivity index (χ0) is 12.7. The first-order valence-electron chi connectivity index (χ1n) is 5.48. The fourth-order valence-electron chi connectivity index (χ4n) is 1.46. The molecule has 17 heavy (non-hydrogen) atoms. The molecule has 0 saturated heterocycles. The number of thioether (sulfide) groups is 1. The van der Waals surface area contributed by atoms with Crippen LogP contribution in [0.4, 0.5) is 8.78 Å². The molecule has 0 fully saturated rings. The van der Waals surface area contributed by atoms with Gasteiger partial charge in [-0.1, -0.05) is 0 Å². The molecule has 0 aliphatic heterocycles. The number of halogens is 2. The predicted molar refractivity (Wildman–Crippen MR) is 67.2 cm³/mol. The van der Waals surface area contributed by atoms with Gasteiger partial charge in [0.15, 0.2) is 0 Å². The smallest absolute Gasteiger partial charge is 0.129 e. The van der Waals surface area contributed by atoms with E-state index < -0.39 is 17.7 Å². The largest absolute Gasteiger partial charge is 0.387 e. The third-order valence-corrected chi connectivity index (χ3v) is 3.05. The Morgan fingerprint density at radius 1 is 1.41 bits per heavy atom. The van der Waals surface area contributed by atoms with Gasteiger partial charge in [-0.2, -0.15) is 11.8 Å². The molecule has 96 valence electrons. The van der Waals surface area contributed by atoms with Crippen molar-refractivity contribution in [2.45, 2.75) is 12.5 Å². The molecule has 2 nitrogen and oxygen atoms in total. The van der Waals surface area contributed by atoms with Gasteiger partial charge in [-0.3, -0.25) is 0 Å². The molecule has 0 radical (unpaired) electrons. The van der Waals surface area contributed by atoms with Gasteiger partial charge in [-0.25, -0.2) is 8.78 Å². The highest BCUT2D eigenvalue weighted by Crippen LogP contribution is 2.17. The zero-order valence-electron chi connectivity index (χ0n) is 9.75. The summed E-state index contributed by atoms with van der Waals surface area (Å²) in [4.78, 5) is 0. The lowest BCUT2D eigenvalue weighted by Gasteiger charge is -2.13. The number of rotatable bonds is 7. The molecule has 1 atom stereocenters. The summed E-state index contributed by atoms with van der Waals surface area (Å²) in [6.45, 7) is 0.990. The monoisotopic (exact) mass is 261 g/mol. The highest BCUT2D eigenvalue weighted by molar-refractivity contribution is 7.98. The number of hydrogen-bond acceptors (Lipinski definition) is 3. The normalized spacial score (nSPS) is 12.7. The second-order valence-electron chi connectivity index (χ2n) is 3.73. The topological polar surface area (TPSA) is 32.3 Å². The van der Waals surface area contributed by atoms with Crippen LogP contribution in [0.5, 0.6) is 0 Å². The van der Waals surface area contributed by atoms with Crippen LogP contribution < -0.4 is 5.32 Å². The Morgan fingerprint density at radius 2 is 2.18 bits per heavy atom. The maximum Gasteiger partial charge on any atom is 0.129 e. The Bertz CT molecular complexity index is 349. The minimum absolute atomic E-state index is 0.00219. The molecule has 0 aromatic heterocycles. The van der Waals surface area contributed by atoms with Gasteiger partial charge in [0.2, 0.25) is 0 Å². The van der Waals surface area contributed by atoms with Crippen LogP contribution in [0.3, 0.4) is 0 Å². The third-order valence-electron chi connectivity index (χ3n) is 2.36. The van der Waals surface area contributed by atoms with Gasteiger partial charge in [0.05, 0.1) is 6.10 Å². The van der Waals surface area contributed by atoms with Gasteiger partial charge in [-0.15, -0.1) is 0 Å². The van der Waals surface area contributed by atoms with E-state index >= 15 is 0 Å². The van der Waals surface area contributed by atoms with Crippen molar-refractivity contribution in [2.24, 2.45) is 0 Å². The second kappa shape index (κ2) is 7.63. The van der Waals surface area contributed by atoms with Crippen molar-refractivity contribution in [1.29, 1.82) is 0 Å². The highest BCUT2D eigenvalue weighted by Gasteiger charge is 2.13. The average Bonchev–Trinajstić information content (AvgIpc) is 2.32. The number of aliphatic hydroxyl groups excluding tert-OH is 1. The van der Waals surface area contributed by atoms with E-state index in [9.17, 15) is 13.9 Å². The van der Waals surface area contributed by atoms with Crippen LogP contribution in [0.25, 0.3) is 0 Å². The van der Waals surface area contributed by atoms with Crippen LogP contribution in [0, 0.1) is 11.6 Å². The molecule has 0 aliphatic rings. The number of hydrogen-bond donors (Lipinski definition) is 2. The molecule has 0 spiro atoms. The van der Waals surface area contributed by atoms with Crippen molar-refractivity contribution in [3.05, 3.63) is 35.4 Å². The molecule has 0 amide bonds. The second-order valence-corrected chi connectivity index (χ2v) is 4.72. The molecule has 0 heterocycles. The number of benzene rings is 1. The van der Waals surface area contributed by atoms with Gasteiger partial charge >= 0.3 is 0 Å². The SMILES string of the molecule is CSCCCNCC(O)c1cc(F)ccc1F. The molecule has 0 bridgehead atoms. The van der Waals surface area contributed by atoms with E-state index in [1.165, 1.54) is 0 Å². The van der Waals surface area contributed by atoms with E-state index in [2.05, 4.69) is 5.32 Å². The van der Waals surface area contributed by atoms with Crippen molar-refractivity contribution in [2.75, 3.05) is 25.1 Å². The highest BCUT2D eigenvalue weighted by atomic mass is 32.2. The van der Waals surface area contributed by atoms with Gasteiger partial charge in [0.25, 0.3) is 0 Å². The molecule has 0 saturated carbocycles. The van der Waals surface area contributed by atoms with Crippen molar-refractivity contribution in [1.82, 2.24) is 5.32 Å². The molecule has 0 aliphatic carbocycles. The standard InChI is InChI=1S/C12H17F2NOS/c1-17-6-2-5-15-8-12(16)10-7-9(13)3-4-11(10)14/h3-4,7,12,15-16H,2,5-6,8H2,1H3. The molecule has 1 aromatic carbocycles. The lowest BCUT2D eigenvalue weighted by Crippen LogP contribution is -2.23. The number of nitrogens with one attached hydrogen (secondary N) is 1. The molecule has 1 unspecified atom stereocenters. The Morgan fingerprint density at radius 3 is 2.88 bits per heavy atom. The van der Waals surface area contributed by atoms with Crippen LogP contribution in [-0.4, -0.2) is 30.2 Å². The van der Waals surface area contributed by atoms with Crippen molar-refractivity contribution >= 4 is 11.8 Å². The number of aliphatic hydroxyl groups is 1. The van der Waals surface area contributed by atoms with E-state index in [4.69, 9.17) is 0 Å². The predicted octanol–water partition coefficient (Wildman–Crippen LogP) is 2.34. The minimum atomic E-state index is -1.01. The van der Waals surface area contributed by atoms with Crippen LogP contribution in [0.15, 0.2) is 18.2 Å².